The summed E-state index contributed by atoms with van der Waals surface area (Å²) in [6, 6.07) is 5.89. The molecule has 3 heterocycles. The van der Waals surface area contributed by atoms with Crippen LogP contribution in [0.2, 0.25) is 0 Å². The Hall–Kier alpha value is -3.36. The molecule has 0 unspecified atom stereocenters. The monoisotopic (exact) mass is 495 g/mol. The molecule has 1 aliphatic heterocycles. The molecule has 2 aromatic heterocycles. The second-order valence-corrected chi connectivity index (χ2v) is 9.44. The first-order valence-electron chi connectivity index (χ1n) is 13.2. The first-order valence-corrected chi connectivity index (χ1v) is 13.2. The molecular formula is C27H37N5O4. The van der Waals surface area contributed by atoms with Gasteiger partial charge in [0.2, 0.25) is 5.91 Å². The number of amides is 1. The maximum atomic E-state index is 13.4. The van der Waals surface area contributed by atoms with E-state index < -0.39 is 11.2 Å². The molecule has 0 saturated heterocycles. The van der Waals surface area contributed by atoms with Gasteiger partial charge in [0.25, 0.3) is 5.56 Å². The summed E-state index contributed by atoms with van der Waals surface area (Å²) in [5.41, 5.74) is 1.97. The summed E-state index contributed by atoms with van der Waals surface area (Å²) < 4.78 is 9.04. The average molecular weight is 496 g/mol. The van der Waals surface area contributed by atoms with Gasteiger partial charge < -0.3 is 14.2 Å². The van der Waals surface area contributed by atoms with E-state index in [1.54, 1.807) is 11.7 Å². The number of para-hydroxylation sites is 1. The van der Waals surface area contributed by atoms with Gasteiger partial charge in [-0.05, 0) is 37.3 Å². The number of benzene rings is 1. The zero-order valence-electron chi connectivity index (χ0n) is 21.6. The van der Waals surface area contributed by atoms with Crippen LogP contribution in [-0.4, -0.2) is 38.7 Å². The molecule has 4 rings (SSSR count). The summed E-state index contributed by atoms with van der Waals surface area (Å²) in [7, 11) is 1.63. The Bertz CT molecular complexity index is 1320. The number of nitrogens with one attached hydrogen (secondary N) is 1. The van der Waals surface area contributed by atoms with E-state index in [2.05, 4.69) is 18.8 Å². The van der Waals surface area contributed by atoms with Crippen LogP contribution >= 0.6 is 0 Å². The van der Waals surface area contributed by atoms with Crippen molar-refractivity contribution in [3.63, 3.8) is 0 Å². The number of rotatable bonds is 11. The van der Waals surface area contributed by atoms with Gasteiger partial charge in [0.05, 0.1) is 12.8 Å². The largest absolute Gasteiger partial charge is 0.495 e. The predicted molar refractivity (Wildman–Crippen MR) is 141 cm³/mol. The lowest BCUT2D eigenvalue weighted by Crippen LogP contribution is -2.36. The van der Waals surface area contributed by atoms with Crippen LogP contribution in [0.25, 0.3) is 11.2 Å². The smallest absolute Gasteiger partial charge is 0.330 e. The number of imidazole rings is 1. The van der Waals surface area contributed by atoms with Crippen molar-refractivity contribution in [2.75, 3.05) is 18.6 Å². The maximum absolute atomic E-state index is 13.4. The second kappa shape index (κ2) is 11.6. The molecule has 1 aliphatic rings. The molecule has 9 nitrogen and oxygen atoms in total. The molecule has 194 valence electrons. The number of nitrogens with zero attached hydrogens (tertiary/aromatic N) is 4. The van der Waals surface area contributed by atoms with Crippen molar-refractivity contribution < 1.29 is 9.53 Å². The van der Waals surface area contributed by atoms with Crippen LogP contribution in [0.15, 0.2) is 27.8 Å². The molecule has 0 atom stereocenters. The highest BCUT2D eigenvalue weighted by atomic mass is 16.5. The Balaban J connectivity index is 1.67. The molecule has 0 saturated carbocycles. The zero-order chi connectivity index (χ0) is 25.7. The van der Waals surface area contributed by atoms with Gasteiger partial charge in [-0.3, -0.25) is 19.1 Å². The number of carbonyl (C=O) groups excluding carboxylic acids is 1. The number of methoxy groups -OCH3 is 1. The summed E-state index contributed by atoms with van der Waals surface area (Å²) in [4.78, 5) is 47.9. The second-order valence-electron chi connectivity index (χ2n) is 9.44. The standard InChI is InChI=1S/C27H37N5O4/c1-4-6-8-17-30-21(28-25-24(30)26(34)29-27(35)32(25)16-7-5-2)14-15-22(33)31-18-10-12-19-11-9-13-20(36-3)23(19)31/h9,11,13H,4-8,10,12,14-18H2,1-3H3,(H,29,34,35). The highest BCUT2D eigenvalue weighted by Gasteiger charge is 2.26. The number of hydrogen-bond donors (Lipinski definition) is 1. The minimum absolute atomic E-state index is 0.00453. The number of aromatic nitrogens is 4. The molecule has 0 fully saturated rings. The van der Waals surface area contributed by atoms with E-state index in [0.29, 0.717) is 48.8 Å². The quantitative estimate of drug-likeness (QED) is 0.408. The first kappa shape index (κ1) is 25.7. The van der Waals surface area contributed by atoms with Gasteiger partial charge >= 0.3 is 5.69 Å². The van der Waals surface area contributed by atoms with Crippen LogP contribution < -0.4 is 20.9 Å². The SMILES string of the molecule is CCCCCn1c(CCC(=O)N2CCCc3cccc(OC)c32)nc2c1c(=O)[nH]c(=O)n2CCCC. The third-order valence-electron chi connectivity index (χ3n) is 6.95. The number of H-pyrrole nitrogens is 1. The lowest BCUT2D eigenvalue weighted by atomic mass is 10.0. The number of carbonyl (C=O) groups is 1. The minimum atomic E-state index is -0.432. The molecule has 0 spiro atoms. The zero-order valence-corrected chi connectivity index (χ0v) is 21.6. The van der Waals surface area contributed by atoms with E-state index in [0.717, 1.165) is 56.2 Å². The fourth-order valence-corrected chi connectivity index (χ4v) is 5.08. The van der Waals surface area contributed by atoms with E-state index in [1.165, 1.54) is 0 Å². The number of fused-ring (bicyclic) bond motifs is 2. The summed E-state index contributed by atoms with van der Waals surface area (Å²) in [6.07, 6.45) is 7.17. The predicted octanol–water partition coefficient (Wildman–Crippen LogP) is 3.80. The van der Waals surface area contributed by atoms with Crippen molar-refractivity contribution in [3.8, 4) is 5.75 Å². The van der Waals surface area contributed by atoms with Gasteiger partial charge in [0, 0.05) is 32.5 Å². The molecule has 3 aromatic rings. The summed E-state index contributed by atoms with van der Waals surface area (Å²) >= 11 is 0. The summed E-state index contributed by atoms with van der Waals surface area (Å²) in [5.74, 6) is 1.39. The van der Waals surface area contributed by atoms with Crippen LogP contribution in [0.3, 0.4) is 0 Å². The third-order valence-corrected chi connectivity index (χ3v) is 6.95. The van der Waals surface area contributed by atoms with Crippen LogP contribution in [-0.2, 0) is 30.7 Å². The fraction of sp³-hybridized carbons (Fsp3) is 0.556. The van der Waals surface area contributed by atoms with Crippen LogP contribution in [0, 0.1) is 0 Å². The molecule has 0 radical (unpaired) electrons. The van der Waals surface area contributed by atoms with Gasteiger partial charge in [0.1, 0.15) is 11.6 Å². The molecule has 9 heteroatoms. The Morgan fingerprint density at radius 3 is 2.61 bits per heavy atom. The molecule has 0 bridgehead atoms. The van der Waals surface area contributed by atoms with E-state index in [1.807, 2.05) is 27.7 Å². The number of anilines is 1. The summed E-state index contributed by atoms with van der Waals surface area (Å²) in [5, 5.41) is 0. The van der Waals surface area contributed by atoms with Crippen molar-refractivity contribution in [1.82, 2.24) is 19.1 Å². The Kier molecular flexibility index (Phi) is 8.28. The summed E-state index contributed by atoms with van der Waals surface area (Å²) in [6.45, 7) is 5.96. The maximum Gasteiger partial charge on any atom is 0.330 e. The van der Waals surface area contributed by atoms with Crippen LogP contribution in [0.1, 0.15) is 70.2 Å². The van der Waals surface area contributed by atoms with Crippen molar-refractivity contribution in [2.45, 2.75) is 84.7 Å². The number of unbranched alkanes of at least 4 members (excludes halogenated alkanes) is 3. The molecule has 1 amide bonds. The van der Waals surface area contributed by atoms with Crippen LogP contribution in [0.5, 0.6) is 5.75 Å². The molecule has 1 N–H and O–H groups in total. The van der Waals surface area contributed by atoms with Gasteiger partial charge in [-0.15, -0.1) is 0 Å². The number of ether oxygens (including phenoxy) is 1. The van der Waals surface area contributed by atoms with Crippen LogP contribution in [0.4, 0.5) is 5.69 Å². The molecule has 36 heavy (non-hydrogen) atoms. The van der Waals surface area contributed by atoms with Gasteiger partial charge in [-0.25, -0.2) is 9.78 Å². The highest BCUT2D eigenvalue weighted by Crippen LogP contribution is 2.36. The van der Waals surface area contributed by atoms with E-state index in [4.69, 9.17) is 9.72 Å². The first-order chi connectivity index (χ1) is 17.5. The lowest BCUT2D eigenvalue weighted by Gasteiger charge is -2.31. The van der Waals surface area contributed by atoms with Crippen molar-refractivity contribution in [3.05, 3.63) is 50.4 Å². The van der Waals surface area contributed by atoms with E-state index >= 15 is 0 Å². The lowest BCUT2D eigenvalue weighted by molar-refractivity contribution is -0.118. The van der Waals surface area contributed by atoms with Gasteiger partial charge in [-0.2, -0.15) is 0 Å². The number of hydrogen-bond acceptors (Lipinski definition) is 5. The van der Waals surface area contributed by atoms with E-state index in [-0.39, 0.29) is 12.3 Å². The van der Waals surface area contributed by atoms with Gasteiger partial charge in [0.15, 0.2) is 11.2 Å². The molecule has 1 aromatic carbocycles. The molecule has 0 aliphatic carbocycles. The highest BCUT2D eigenvalue weighted by molar-refractivity contribution is 5.96. The third kappa shape index (κ3) is 5.10. The number of aryl methyl sites for hydroxylation is 4. The normalized spacial score (nSPS) is 13.2. The van der Waals surface area contributed by atoms with Crippen molar-refractivity contribution in [2.24, 2.45) is 0 Å². The average Bonchev–Trinajstić information content (AvgIpc) is 3.25. The van der Waals surface area contributed by atoms with E-state index in [9.17, 15) is 14.4 Å². The fourth-order valence-electron chi connectivity index (χ4n) is 5.08. The number of aromatic amines is 1. The Morgan fingerprint density at radius 2 is 1.86 bits per heavy atom. The Labute approximate surface area is 211 Å². The topological polar surface area (TPSA) is 102 Å². The molecular weight excluding hydrogens is 458 g/mol. The van der Waals surface area contributed by atoms with Gasteiger partial charge in [-0.1, -0.05) is 45.2 Å². The Morgan fingerprint density at radius 1 is 1.08 bits per heavy atom. The van der Waals surface area contributed by atoms with Crippen molar-refractivity contribution in [1.29, 1.82) is 0 Å². The minimum Gasteiger partial charge on any atom is -0.495 e. The van der Waals surface area contributed by atoms with Crippen molar-refractivity contribution >= 4 is 22.8 Å².